The minimum absolute atomic E-state index is 0.228. The number of aromatic nitrogens is 1. The van der Waals surface area contributed by atoms with Gasteiger partial charge in [-0.15, -0.1) is 0 Å². The first kappa shape index (κ1) is 13.8. The van der Waals surface area contributed by atoms with Gasteiger partial charge in [-0.25, -0.2) is 4.57 Å². The molecule has 0 aliphatic heterocycles. The van der Waals surface area contributed by atoms with Gasteiger partial charge in [-0.2, -0.15) is 0 Å². The van der Waals surface area contributed by atoms with E-state index >= 15 is 0 Å². The molecule has 0 amide bonds. The summed E-state index contributed by atoms with van der Waals surface area (Å²) in [6.45, 7) is 9.04. The zero-order valence-corrected chi connectivity index (χ0v) is 12.7. The lowest BCUT2D eigenvalue weighted by atomic mass is 9.82. The van der Waals surface area contributed by atoms with Crippen LogP contribution in [0, 0.1) is 6.92 Å². The summed E-state index contributed by atoms with van der Waals surface area (Å²) in [7, 11) is 2.12. The van der Waals surface area contributed by atoms with Gasteiger partial charge in [0.2, 0.25) is 5.69 Å². The van der Waals surface area contributed by atoms with Gasteiger partial charge in [0.1, 0.15) is 7.05 Å². The van der Waals surface area contributed by atoms with E-state index in [-0.39, 0.29) is 5.41 Å². The highest BCUT2D eigenvalue weighted by molar-refractivity contribution is 5.61. The number of benzene rings is 1. The van der Waals surface area contributed by atoms with Crippen LogP contribution in [0.5, 0.6) is 0 Å². The number of pyridine rings is 1. The van der Waals surface area contributed by atoms with Crippen LogP contribution in [0.15, 0.2) is 42.6 Å². The van der Waals surface area contributed by atoms with E-state index in [4.69, 9.17) is 0 Å². The quantitative estimate of drug-likeness (QED) is 0.724. The molecule has 0 aliphatic rings. The van der Waals surface area contributed by atoms with Crippen LogP contribution in [0.4, 0.5) is 0 Å². The van der Waals surface area contributed by atoms with Crippen molar-refractivity contribution in [1.82, 2.24) is 0 Å². The van der Waals surface area contributed by atoms with Crippen molar-refractivity contribution < 1.29 is 4.57 Å². The molecule has 0 aliphatic carbocycles. The van der Waals surface area contributed by atoms with Crippen molar-refractivity contribution in [2.45, 2.75) is 39.5 Å². The third kappa shape index (κ3) is 2.70. The van der Waals surface area contributed by atoms with Crippen molar-refractivity contribution in [3.05, 3.63) is 53.7 Å². The molecule has 0 saturated carbocycles. The summed E-state index contributed by atoms with van der Waals surface area (Å²) >= 11 is 0. The average molecular weight is 254 g/mol. The van der Waals surface area contributed by atoms with E-state index in [9.17, 15) is 0 Å². The lowest BCUT2D eigenvalue weighted by Crippen LogP contribution is -2.32. The van der Waals surface area contributed by atoms with Gasteiger partial charge in [-0.3, -0.25) is 0 Å². The lowest BCUT2D eigenvalue weighted by molar-refractivity contribution is -0.660. The number of nitrogens with zero attached hydrogens (tertiary/aromatic N) is 1. The van der Waals surface area contributed by atoms with Crippen LogP contribution in [-0.2, 0) is 12.5 Å². The predicted molar refractivity (Wildman–Crippen MR) is 81.1 cm³/mol. The van der Waals surface area contributed by atoms with Crippen molar-refractivity contribution in [2.24, 2.45) is 7.05 Å². The number of hydrogen-bond donors (Lipinski definition) is 0. The molecule has 2 rings (SSSR count). The average Bonchev–Trinajstić information content (AvgIpc) is 2.40. The Balaban J connectivity index is 2.59. The lowest BCUT2D eigenvalue weighted by Gasteiger charge is -2.23. The van der Waals surface area contributed by atoms with Crippen LogP contribution in [0.1, 0.15) is 38.3 Å². The zero-order valence-electron chi connectivity index (χ0n) is 12.7. The summed E-state index contributed by atoms with van der Waals surface area (Å²) in [5.74, 6) is 0. The summed E-state index contributed by atoms with van der Waals surface area (Å²) < 4.78 is 2.21. The molecule has 0 saturated heterocycles. The summed E-state index contributed by atoms with van der Waals surface area (Å²) in [6, 6.07) is 13.2. The smallest absolute Gasteiger partial charge is 0.201 e. The second-order valence-electron chi connectivity index (χ2n) is 5.96. The number of rotatable bonds is 3. The molecule has 0 unspecified atom stereocenters. The maximum absolute atomic E-state index is 2.34. The predicted octanol–water partition coefficient (Wildman–Crippen LogP) is 4.17. The Morgan fingerprint density at radius 3 is 2.42 bits per heavy atom. The monoisotopic (exact) mass is 254 g/mol. The summed E-state index contributed by atoms with van der Waals surface area (Å²) in [5.41, 5.74) is 5.57. The molecule has 0 N–H and O–H groups in total. The van der Waals surface area contributed by atoms with Gasteiger partial charge in [0.25, 0.3) is 0 Å². The molecule has 0 spiro atoms. The van der Waals surface area contributed by atoms with E-state index in [1.54, 1.807) is 0 Å². The minimum atomic E-state index is 0.228. The normalized spacial score (nSPS) is 11.6. The van der Waals surface area contributed by atoms with E-state index in [2.05, 4.69) is 81.9 Å². The van der Waals surface area contributed by atoms with Crippen LogP contribution in [0.2, 0.25) is 0 Å². The van der Waals surface area contributed by atoms with Crippen molar-refractivity contribution in [1.29, 1.82) is 0 Å². The van der Waals surface area contributed by atoms with Gasteiger partial charge in [0.15, 0.2) is 6.20 Å². The number of aryl methyl sites for hydroxylation is 2. The first-order chi connectivity index (χ1) is 8.95. The second kappa shape index (κ2) is 5.16. The van der Waals surface area contributed by atoms with Gasteiger partial charge in [-0.05, 0) is 36.0 Å². The van der Waals surface area contributed by atoms with Gasteiger partial charge >= 0.3 is 0 Å². The Morgan fingerprint density at radius 2 is 1.79 bits per heavy atom. The van der Waals surface area contributed by atoms with E-state index in [1.165, 1.54) is 22.4 Å². The molecule has 1 heterocycles. The molecular formula is C18H24N+. The first-order valence-electron chi connectivity index (χ1n) is 7.02. The second-order valence-corrected chi connectivity index (χ2v) is 5.96. The molecule has 1 nitrogen and oxygen atoms in total. The Bertz CT molecular complexity index is 582. The van der Waals surface area contributed by atoms with E-state index in [1.807, 2.05) is 0 Å². The maximum Gasteiger partial charge on any atom is 0.212 e. The first-order valence-corrected chi connectivity index (χ1v) is 7.02. The Hall–Kier alpha value is -1.63. The highest BCUT2D eigenvalue weighted by Crippen LogP contribution is 2.29. The minimum Gasteiger partial charge on any atom is -0.201 e. The van der Waals surface area contributed by atoms with E-state index in [0.717, 1.165) is 6.42 Å². The summed E-state index contributed by atoms with van der Waals surface area (Å²) in [6.07, 6.45) is 3.32. The van der Waals surface area contributed by atoms with Gasteiger partial charge < -0.3 is 0 Å². The van der Waals surface area contributed by atoms with Crippen LogP contribution in [0.25, 0.3) is 11.3 Å². The van der Waals surface area contributed by atoms with Crippen LogP contribution < -0.4 is 4.57 Å². The molecule has 1 heteroatoms. The summed E-state index contributed by atoms with van der Waals surface area (Å²) in [4.78, 5) is 0. The fourth-order valence-corrected chi connectivity index (χ4v) is 2.32. The van der Waals surface area contributed by atoms with Crippen LogP contribution in [-0.4, -0.2) is 0 Å². The molecule has 19 heavy (non-hydrogen) atoms. The molecule has 1 aromatic heterocycles. The molecular weight excluding hydrogens is 230 g/mol. The molecule has 0 fully saturated rings. The Labute approximate surface area is 116 Å². The van der Waals surface area contributed by atoms with Crippen molar-refractivity contribution in [3.63, 3.8) is 0 Å². The van der Waals surface area contributed by atoms with E-state index in [0.29, 0.717) is 0 Å². The molecule has 0 bridgehead atoms. The largest absolute Gasteiger partial charge is 0.212 e. The Morgan fingerprint density at radius 1 is 1.11 bits per heavy atom. The SMILES string of the molecule is CCC(C)(C)c1cc[n+](C)c(-c2ccccc2C)c1. The molecule has 1 aromatic carbocycles. The highest BCUT2D eigenvalue weighted by atomic mass is 14.9. The standard InChI is InChI=1S/C18H24N/c1-6-18(3,4)15-11-12-19(5)17(13-15)16-10-8-7-9-14(16)2/h7-13H,6H2,1-5H3/q+1. The van der Waals surface area contributed by atoms with E-state index < -0.39 is 0 Å². The van der Waals surface area contributed by atoms with Gasteiger partial charge in [0, 0.05) is 17.7 Å². The zero-order chi connectivity index (χ0) is 14.0. The third-order valence-electron chi connectivity index (χ3n) is 4.24. The molecule has 0 atom stereocenters. The van der Waals surface area contributed by atoms with Crippen LogP contribution >= 0.6 is 0 Å². The van der Waals surface area contributed by atoms with Crippen LogP contribution in [0.3, 0.4) is 0 Å². The van der Waals surface area contributed by atoms with Crippen molar-refractivity contribution in [3.8, 4) is 11.3 Å². The topological polar surface area (TPSA) is 3.88 Å². The fraction of sp³-hybridized carbons (Fsp3) is 0.389. The molecule has 0 radical (unpaired) electrons. The van der Waals surface area contributed by atoms with Crippen molar-refractivity contribution in [2.75, 3.05) is 0 Å². The highest BCUT2D eigenvalue weighted by Gasteiger charge is 2.22. The third-order valence-corrected chi connectivity index (χ3v) is 4.24. The fourth-order valence-electron chi connectivity index (χ4n) is 2.32. The van der Waals surface area contributed by atoms with Crippen molar-refractivity contribution >= 4 is 0 Å². The molecule has 100 valence electrons. The maximum atomic E-state index is 2.34. The molecule has 2 aromatic rings. The number of hydrogen-bond acceptors (Lipinski definition) is 0. The van der Waals surface area contributed by atoms with Gasteiger partial charge in [0.05, 0.1) is 0 Å². The van der Waals surface area contributed by atoms with Gasteiger partial charge in [-0.1, -0.05) is 39.0 Å². The summed E-state index contributed by atoms with van der Waals surface area (Å²) in [5, 5.41) is 0. The Kier molecular flexibility index (Phi) is 3.75.